The summed E-state index contributed by atoms with van der Waals surface area (Å²) < 4.78 is 4.00. The van der Waals surface area contributed by atoms with Gasteiger partial charge >= 0.3 is 263 Å². The van der Waals surface area contributed by atoms with Gasteiger partial charge in [-0.1, -0.05) is 0 Å². The van der Waals surface area contributed by atoms with Gasteiger partial charge in [0.2, 0.25) is 0 Å². The molecule has 0 spiro atoms. The van der Waals surface area contributed by atoms with Gasteiger partial charge in [0, 0.05) is 0 Å². The first kappa shape index (κ1) is 33.3. The fourth-order valence-corrected chi connectivity index (χ4v) is 18.4. The van der Waals surface area contributed by atoms with Crippen molar-refractivity contribution in [3.05, 3.63) is 127 Å². The van der Waals surface area contributed by atoms with Crippen LogP contribution in [0.25, 0.3) is 22.3 Å². The van der Waals surface area contributed by atoms with Crippen molar-refractivity contribution in [1.29, 1.82) is 0 Å². The minimum Gasteiger partial charge on any atom is -1.00 e. The van der Waals surface area contributed by atoms with Gasteiger partial charge in [0.15, 0.2) is 0 Å². The Bertz CT molecular complexity index is 1760. The van der Waals surface area contributed by atoms with Crippen LogP contribution >= 0.6 is 0 Å². The molecule has 0 nitrogen and oxygen atoms in total. The Morgan fingerprint density at radius 1 is 0.727 bits per heavy atom. The zero-order valence-corrected chi connectivity index (χ0v) is 31.6. The van der Waals surface area contributed by atoms with Gasteiger partial charge < -0.3 is 24.8 Å². The van der Waals surface area contributed by atoms with E-state index in [1.165, 1.54) is 55.7 Å². The van der Waals surface area contributed by atoms with Crippen molar-refractivity contribution in [3.8, 4) is 11.1 Å². The summed E-state index contributed by atoms with van der Waals surface area (Å²) in [6.45, 7) is 21.4. The number of fused-ring (bicyclic) bond motifs is 5. The quantitative estimate of drug-likeness (QED) is 0.365. The minimum atomic E-state index is -2.58. The molecule has 0 bridgehead atoms. The smallest absolute Gasteiger partial charge is 1.00 e. The van der Waals surface area contributed by atoms with Crippen molar-refractivity contribution >= 4 is 14.4 Å². The number of hydrogen-bond acceptors (Lipinski definition) is 0. The molecule has 4 aliphatic carbocycles. The molecule has 0 amide bonds. The number of rotatable bonds is 4. The summed E-state index contributed by atoms with van der Waals surface area (Å²) in [5, 5.41) is 0. The molecule has 3 aromatic rings. The summed E-state index contributed by atoms with van der Waals surface area (Å²) >= 11 is -2.58. The van der Waals surface area contributed by atoms with Gasteiger partial charge in [0.25, 0.3) is 0 Å². The first-order valence-corrected chi connectivity index (χ1v) is 19.7. The van der Waals surface area contributed by atoms with Crippen LogP contribution in [-0.4, -0.2) is 3.21 Å². The molecule has 7 rings (SSSR count). The van der Waals surface area contributed by atoms with E-state index in [1.807, 2.05) is 0 Å². The molecule has 0 N–H and O–H groups in total. The molecule has 226 valence electrons. The van der Waals surface area contributed by atoms with Crippen molar-refractivity contribution in [3.63, 3.8) is 0 Å². The zero-order chi connectivity index (χ0) is 29.7. The van der Waals surface area contributed by atoms with E-state index >= 15 is 0 Å². The Morgan fingerprint density at radius 2 is 1.23 bits per heavy atom. The summed E-state index contributed by atoms with van der Waals surface area (Å²) in [5.41, 5.74) is 18.1. The minimum absolute atomic E-state index is 0. The molecule has 3 heteroatoms. The van der Waals surface area contributed by atoms with Crippen LogP contribution in [0.2, 0.25) is 0 Å². The molecule has 3 aromatic carbocycles. The standard InChI is InChI=1S/C25H25.C9H10.C7H9.2ClH.Zr/c1-14-12-24(3,4)22-8-16-7-17-9-23-19(15(2)13-25(23,5)6)11-21(17)20(16)10-18(14)22;1-2-6-9-7-4-3-5-8-9;1-6-3-4-7(2)5-6;;;/h7-13H,1-6H3;3-5,7-8H,2H2,1H3;3,5,7H,1-2H3;2*1H;/q;;;;;+2/p-2. The Hall–Kier alpha value is -2.05. The molecule has 0 heterocycles. The van der Waals surface area contributed by atoms with Crippen LogP contribution in [0.1, 0.15) is 111 Å². The van der Waals surface area contributed by atoms with E-state index in [9.17, 15) is 0 Å². The van der Waals surface area contributed by atoms with Gasteiger partial charge in [0.1, 0.15) is 0 Å². The molecule has 4 aliphatic rings. The predicted octanol–water partition coefficient (Wildman–Crippen LogP) is 4.88. The summed E-state index contributed by atoms with van der Waals surface area (Å²) in [6, 6.07) is 21.9. The van der Waals surface area contributed by atoms with Crippen LogP contribution in [0.15, 0.2) is 87.8 Å². The molecular formula is C41H44Cl2Zr. The number of benzene rings is 3. The predicted molar refractivity (Wildman–Crippen MR) is 179 cm³/mol. The van der Waals surface area contributed by atoms with E-state index in [0.29, 0.717) is 9.54 Å². The monoisotopic (exact) mass is 696 g/mol. The van der Waals surface area contributed by atoms with E-state index in [4.69, 9.17) is 0 Å². The summed E-state index contributed by atoms with van der Waals surface area (Å²) in [7, 11) is 0. The second-order valence-electron chi connectivity index (χ2n) is 14.4. The summed E-state index contributed by atoms with van der Waals surface area (Å²) in [6.07, 6.45) is 11.2. The van der Waals surface area contributed by atoms with Crippen LogP contribution in [0.5, 0.6) is 0 Å². The molecule has 0 radical (unpaired) electrons. The average molecular weight is 699 g/mol. The van der Waals surface area contributed by atoms with Crippen LogP contribution in [-0.2, 0) is 32.1 Å². The fourth-order valence-electron chi connectivity index (χ4n) is 8.70. The second kappa shape index (κ2) is 11.6. The maximum absolute atomic E-state index is 2.67. The van der Waals surface area contributed by atoms with Crippen LogP contribution in [0.3, 0.4) is 0 Å². The first-order valence-electron chi connectivity index (χ1n) is 15.9. The van der Waals surface area contributed by atoms with Gasteiger partial charge in [-0.2, -0.15) is 0 Å². The second-order valence-corrected chi connectivity index (χ2v) is 20.8. The number of hydrogen-bond donors (Lipinski definition) is 0. The van der Waals surface area contributed by atoms with E-state index in [1.54, 1.807) is 17.6 Å². The Balaban J connectivity index is 0.00000192. The molecule has 0 saturated carbocycles. The zero-order valence-electron chi connectivity index (χ0n) is 27.6. The molecule has 0 aromatic heterocycles. The maximum atomic E-state index is 2.67. The van der Waals surface area contributed by atoms with Gasteiger partial charge in [-0.25, -0.2) is 0 Å². The molecular weight excluding hydrogens is 655 g/mol. The SMILES string of the molecule is CC/[C](c1ccccc1)=[Zr+2](/[C]1=CC(C)=CC1C)[CH]1c2cc3c(cc2-c2cc4c(cc21)C(C)(C)C=C4C)C(C)=CC3(C)C.[Cl-].[Cl-]. The van der Waals surface area contributed by atoms with Crippen molar-refractivity contribution < 1.29 is 46.1 Å². The molecule has 0 fully saturated rings. The normalized spacial score (nSPS) is 20.2. The van der Waals surface area contributed by atoms with Gasteiger partial charge in [-0.3, -0.25) is 0 Å². The molecule has 0 saturated heterocycles. The van der Waals surface area contributed by atoms with Crippen molar-refractivity contribution in [2.45, 2.75) is 83.2 Å². The Morgan fingerprint density at radius 3 is 1.66 bits per heavy atom. The summed E-state index contributed by atoms with van der Waals surface area (Å²) in [5.74, 6) is 0.515. The number of halogens is 2. The van der Waals surface area contributed by atoms with Crippen LogP contribution < -0.4 is 24.8 Å². The van der Waals surface area contributed by atoms with Crippen molar-refractivity contribution in [2.24, 2.45) is 5.92 Å². The van der Waals surface area contributed by atoms with E-state index in [2.05, 4.69) is 141 Å². The molecule has 1 atom stereocenters. The topological polar surface area (TPSA) is 0 Å². The Labute approximate surface area is 285 Å². The third-order valence-corrected chi connectivity index (χ3v) is 19.6. The van der Waals surface area contributed by atoms with E-state index in [0.717, 1.165) is 6.42 Å². The summed E-state index contributed by atoms with van der Waals surface area (Å²) in [4.78, 5) is 0. The molecule has 44 heavy (non-hydrogen) atoms. The number of allylic oxidation sites excluding steroid dienone is 8. The molecule has 1 unspecified atom stereocenters. The van der Waals surface area contributed by atoms with Gasteiger partial charge in [0.05, 0.1) is 0 Å². The average Bonchev–Trinajstić information content (AvgIpc) is 3.58. The van der Waals surface area contributed by atoms with Crippen LogP contribution in [0, 0.1) is 5.92 Å². The van der Waals surface area contributed by atoms with Crippen molar-refractivity contribution in [1.82, 2.24) is 0 Å². The fraction of sp³-hybridized carbons (Fsp3) is 0.341. The largest absolute Gasteiger partial charge is 1.00 e. The first-order chi connectivity index (χ1) is 19.9. The Kier molecular flexibility index (Phi) is 8.81. The van der Waals surface area contributed by atoms with Crippen LogP contribution in [0.4, 0.5) is 0 Å². The van der Waals surface area contributed by atoms with Crippen molar-refractivity contribution in [2.75, 3.05) is 0 Å². The van der Waals surface area contributed by atoms with Gasteiger partial charge in [-0.15, -0.1) is 0 Å². The molecule has 0 aliphatic heterocycles. The third-order valence-electron chi connectivity index (χ3n) is 10.5. The third kappa shape index (κ3) is 5.01. The van der Waals surface area contributed by atoms with Gasteiger partial charge in [-0.05, 0) is 0 Å². The van der Waals surface area contributed by atoms with E-state index < -0.39 is 21.3 Å². The van der Waals surface area contributed by atoms with E-state index in [-0.39, 0.29) is 35.6 Å². The maximum Gasteiger partial charge on any atom is -1.00 e.